The fraction of sp³-hybridized carbons (Fsp3) is 0.320. The Balaban J connectivity index is 1.25. The molecule has 1 saturated heterocycles. The Hall–Kier alpha value is -2.48. The first-order valence-corrected chi connectivity index (χ1v) is 13.1. The van der Waals surface area contributed by atoms with Gasteiger partial charge in [0.25, 0.3) is 5.91 Å². The minimum absolute atomic E-state index is 0.0462. The molecule has 2 aromatic heterocycles. The van der Waals surface area contributed by atoms with Crippen molar-refractivity contribution in [1.29, 1.82) is 0 Å². The summed E-state index contributed by atoms with van der Waals surface area (Å²) in [5.74, 6) is 0.0462. The maximum atomic E-state index is 13.8. The van der Waals surface area contributed by atoms with E-state index in [2.05, 4.69) is 32.3 Å². The summed E-state index contributed by atoms with van der Waals surface area (Å²) in [6, 6.07) is 16.0. The molecular formula is C25H23ClN4OS2. The van der Waals surface area contributed by atoms with Crippen molar-refractivity contribution in [3.05, 3.63) is 64.3 Å². The van der Waals surface area contributed by atoms with Gasteiger partial charge in [-0.2, -0.15) is 0 Å². The maximum absolute atomic E-state index is 13.8. The summed E-state index contributed by atoms with van der Waals surface area (Å²) in [4.78, 5) is 26.2. The molecule has 1 N–H and O–H groups in total. The van der Waals surface area contributed by atoms with Crippen LogP contribution < -0.4 is 5.32 Å². The summed E-state index contributed by atoms with van der Waals surface area (Å²) in [7, 11) is 0. The average Bonchev–Trinajstić information content (AvgIpc) is 3.12. The molecule has 2 aliphatic rings. The van der Waals surface area contributed by atoms with Crippen LogP contribution in [0.3, 0.4) is 0 Å². The third kappa shape index (κ3) is 4.03. The zero-order chi connectivity index (χ0) is 22.6. The summed E-state index contributed by atoms with van der Waals surface area (Å²) in [5, 5.41) is 6.00. The van der Waals surface area contributed by atoms with Gasteiger partial charge in [0, 0.05) is 24.2 Å². The lowest BCUT2D eigenvalue weighted by atomic mass is 10.0. The lowest BCUT2D eigenvalue weighted by molar-refractivity contribution is 0.0733. The number of benzene rings is 2. The highest BCUT2D eigenvalue weighted by molar-refractivity contribution is 7.22. The first kappa shape index (κ1) is 21.1. The van der Waals surface area contributed by atoms with E-state index in [1.54, 1.807) is 22.7 Å². The smallest absolute Gasteiger partial charge is 0.274 e. The molecule has 1 amide bonds. The molecule has 2 fully saturated rings. The summed E-state index contributed by atoms with van der Waals surface area (Å²) >= 11 is 9.32. The standard InChI is InChI=1S/C25H23ClN4OS2/c1-15-28-21(22(32-15)16-5-3-2-4-6-16)23(31)30-14-25(9-10-25)12-18(30)13-27-24-29-19-8-7-17(26)11-20(19)33-24/h2-8,11,18H,9-10,12-14H2,1H3,(H,27,29). The number of aryl methyl sites for hydroxylation is 1. The fourth-order valence-electron chi connectivity index (χ4n) is 4.80. The van der Waals surface area contributed by atoms with Gasteiger partial charge in [0.05, 0.1) is 20.1 Å². The van der Waals surface area contributed by atoms with E-state index in [1.807, 2.05) is 43.3 Å². The highest BCUT2D eigenvalue weighted by Crippen LogP contribution is 2.55. The molecule has 0 radical (unpaired) electrons. The van der Waals surface area contributed by atoms with Crippen LogP contribution in [0.1, 0.15) is 34.8 Å². The molecule has 168 valence electrons. The SMILES string of the molecule is Cc1nc(C(=O)N2CC3(CC3)CC2CNc2nc3ccc(Cl)cc3s2)c(-c2ccccc2)s1. The molecule has 2 aromatic carbocycles. The molecule has 1 spiro atoms. The number of fused-ring (bicyclic) bond motifs is 1. The average molecular weight is 495 g/mol. The Labute approximate surface area is 205 Å². The van der Waals surface area contributed by atoms with Gasteiger partial charge in [0.2, 0.25) is 0 Å². The topological polar surface area (TPSA) is 58.1 Å². The molecular weight excluding hydrogens is 472 g/mol. The van der Waals surface area contributed by atoms with Crippen molar-refractivity contribution < 1.29 is 4.79 Å². The van der Waals surface area contributed by atoms with Crippen LogP contribution in [-0.4, -0.2) is 39.9 Å². The fourth-order valence-corrected chi connectivity index (χ4v) is 6.86. The van der Waals surface area contributed by atoms with Gasteiger partial charge in [-0.15, -0.1) is 11.3 Å². The predicted molar refractivity (Wildman–Crippen MR) is 137 cm³/mol. The third-order valence-electron chi connectivity index (χ3n) is 6.65. The van der Waals surface area contributed by atoms with E-state index < -0.39 is 0 Å². The Bertz CT molecular complexity index is 1350. The number of nitrogens with one attached hydrogen (secondary N) is 1. The molecule has 1 aliphatic carbocycles. The van der Waals surface area contributed by atoms with Crippen LogP contribution in [-0.2, 0) is 0 Å². The zero-order valence-electron chi connectivity index (χ0n) is 18.2. The number of rotatable bonds is 5. The summed E-state index contributed by atoms with van der Waals surface area (Å²) in [6.45, 7) is 3.47. The quantitative estimate of drug-likeness (QED) is 0.344. The van der Waals surface area contributed by atoms with Gasteiger partial charge in [-0.05, 0) is 55.4 Å². The van der Waals surface area contributed by atoms with Gasteiger partial charge in [0.15, 0.2) is 5.13 Å². The number of hydrogen-bond donors (Lipinski definition) is 1. The van der Waals surface area contributed by atoms with Crippen LogP contribution >= 0.6 is 34.3 Å². The summed E-state index contributed by atoms with van der Waals surface area (Å²) in [6.07, 6.45) is 3.44. The molecule has 6 rings (SSSR count). The maximum Gasteiger partial charge on any atom is 0.274 e. The Morgan fingerprint density at radius 1 is 1.18 bits per heavy atom. The lowest BCUT2D eigenvalue weighted by Crippen LogP contribution is -2.40. The number of thiazole rings is 2. The second-order valence-corrected chi connectivity index (χ2v) is 11.7. The summed E-state index contributed by atoms with van der Waals surface area (Å²) < 4.78 is 1.06. The number of likely N-dealkylation sites (tertiary alicyclic amines) is 1. The Morgan fingerprint density at radius 3 is 2.79 bits per heavy atom. The molecule has 1 atom stereocenters. The molecule has 4 aromatic rings. The van der Waals surface area contributed by atoms with Crippen molar-refractivity contribution in [2.24, 2.45) is 5.41 Å². The van der Waals surface area contributed by atoms with E-state index in [4.69, 9.17) is 11.6 Å². The molecule has 1 aliphatic heterocycles. The van der Waals surface area contributed by atoms with Gasteiger partial charge in [-0.1, -0.05) is 53.3 Å². The van der Waals surface area contributed by atoms with E-state index in [-0.39, 0.29) is 11.9 Å². The Kier molecular flexibility index (Phi) is 5.16. The predicted octanol–water partition coefficient (Wildman–Crippen LogP) is 6.49. The van der Waals surface area contributed by atoms with Crippen molar-refractivity contribution in [1.82, 2.24) is 14.9 Å². The van der Waals surface area contributed by atoms with Gasteiger partial charge in [-0.25, -0.2) is 9.97 Å². The monoisotopic (exact) mass is 494 g/mol. The molecule has 1 saturated carbocycles. The van der Waals surface area contributed by atoms with E-state index in [9.17, 15) is 4.79 Å². The second-order valence-electron chi connectivity index (χ2n) is 9.08. The number of nitrogens with zero attached hydrogens (tertiary/aromatic N) is 3. The molecule has 5 nitrogen and oxygen atoms in total. The van der Waals surface area contributed by atoms with E-state index in [0.29, 0.717) is 22.7 Å². The highest BCUT2D eigenvalue weighted by atomic mass is 35.5. The second kappa shape index (κ2) is 8.08. The minimum Gasteiger partial charge on any atom is -0.359 e. The molecule has 33 heavy (non-hydrogen) atoms. The third-order valence-corrected chi connectivity index (χ3v) is 8.88. The Morgan fingerprint density at radius 2 is 2.00 bits per heavy atom. The molecule has 3 heterocycles. The number of halogens is 1. The van der Waals surface area contributed by atoms with Gasteiger partial charge in [-0.3, -0.25) is 4.79 Å². The van der Waals surface area contributed by atoms with Crippen LogP contribution in [0.2, 0.25) is 5.02 Å². The summed E-state index contributed by atoms with van der Waals surface area (Å²) in [5.41, 5.74) is 2.87. The van der Waals surface area contributed by atoms with Crippen molar-refractivity contribution in [3.8, 4) is 10.4 Å². The van der Waals surface area contributed by atoms with Crippen molar-refractivity contribution in [3.63, 3.8) is 0 Å². The van der Waals surface area contributed by atoms with Crippen LogP contribution in [0, 0.1) is 12.3 Å². The number of carbonyl (C=O) groups is 1. The minimum atomic E-state index is 0.0462. The van der Waals surface area contributed by atoms with Crippen LogP contribution in [0.15, 0.2) is 48.5 Å². The van der Waals surface area contributed by atoms with E-state index >= 15 is 0 Å². The van der Waals surface area contributed by atoms with Gasteiger partial charge < -0.3 is 10.2 Å². The highest BCUT2D eigenvalue weighted by Gasteiger charge is 2.53. The largest absolute Gasteiger partial charge is 0.359 e. The van der Waals surface area contributed by atoms with Crippen LogP contribution in [0.25, 0.3) is 20.7 Å². The van der Waals surface area contributed by atoms with Crippen molar-refractivity contribution in [2.45, 2.75) is 32.2 Å². The zero-order valence-corrected chi connectivity index (χ0v) is 20.6. The van der Waals surface area contributed by atoms with Crippen LogP contribution in [0.4, 0.5) is 5.13 Å². The van der Waals surface area contributed by atoms with E-state index in [1.165, 1.54) is 12.8 Å². The van der Waals surface area contributed by atoms with Crippen molar-refractivity contribution >= 4 is 55.5 Å². The first-order chi connectivity index (χ1) is 16.0. The van der Waals surface area contributed by atoms with E-state index in [0.717, 1.165) is 43.8 Å². The number of carbonyl (C=O) groups excluding carboxylic acids is 1. The number of hydrogen-bond acceptors (Lipinski definition) is 6. The molecule has 0 bridgehead atoms. The lowest BCUT2D eigenvalue weighted by Gasteiger charge is -2.24. The normalized spacial score (nSPS) is 18.8. The number of amides is 1. The number of anilines is 1. The molecule has 8 heteroatoms. The van der Waals surface area contributed by atoms with Gasteiger partial charge in [0.1, 0.15) is 5.69 Å². The van der Waals surface area contributed by atoms with Gasteiger partial charge >= 0.3 is 0 Å². The number of aromatic nitrogens is 2. The first-order valence-electron chi connectivity index (χ1n) is 11.1. The van der Waals surface area contributed by atoms with Crippen molar-refractivity contribution in [2.75, 3.05) is 18.4 Å². The molecule has 1 unspecified atom stereocenters. The van der Waals surface area contributed by atoms with Crippen LogP contribution in [0.5, 0.6) is 0 Å².